The molecule has 0 atom stereocenters. The summed E-state index contributed by atoms with van der Waals surface area (Å²) in [7, 11) is -4.09. The molecule has 1 aliphatic heterocycles. The second-order valence-corrected chi connectivity index (χ2v) is 12.3. The van der Waals surface area contributed by atoms with Gasteiger partial charge in [-0.2, -0.15) is 27.5 Å². The Kier molecular flexibility index (Phi) is 7.93. The molecule has 5 aromatic rings. The standard InChI is InChI=1S/C30H29F3N6O3S/c31-30(32,33)25-6-3-5-23(17-25)21-43(40,41)38-20-24(19-34-38)27-7-4-8-29-35-28(36-39(27)29)18-22-9-11-26(12-10-22)42-16-15-37-13-1-2-14-37/h3-12,17,19-20H,1-2,13-16,18,21H2. The fourth-order valence-corrected chi connectivity index (χ4v) is 6.33. The highest BCUT2D eigenvalue weighted by Gasteiger charge is 2.31. The molecule has 3 aromatic heterocycles. The molecule has 0 saturated carbocycles. The average Bonchev–Trinajstić information content (AvgIpc) is 3.75. The van der Waals surface area contributed by atoms with Crippen LogP contribution in [-0.4, -0.2) is 63.3 Å². The average molecular weight is 611 g/mol. The maximum atomic E-state index is 13.1. The third kappa shape index (κ3) is 6.73. The van der Waals surface area contributed by atoms with Crippen molar-refractivity contribution in [1.82, 2.24) is 28.7 Å². The zero-order valence-corrected chi connectivity index (χ0v) is 23.9. The smallest absolute Gasteiger partial charge is 0.416 e. The molecule has 0 N–H and O–H groups in total. The first-order chi connectivity index (χ1) is 20.6. The number of rotatable bonds is 10. The van der Waals surface area contributed by atoms with E-state index >= 15 is 0 Å². The number of pyridine rings is 1. The molecule has 0 spiro atoms. The van der Waals surface area contributed by atoms with Gasteiger partial charge in [-0.05, 0) is 67.4 Å². The lowest BCUT2D eigenvalue weighted by atomic mass is 10.1. The van der Waals surface area contributed by atoms with E-state index in [1.807, 2.05) is 24.3 Å². The van der Waals surface area contributed by atoms with Gasteiger partial charge in [-0.1, -0.05) is 36.4 Å². The van der Waals surface area contributed by atoms with Crippen molar-refractivity contribution in [3.05, 3.63) is 102 Å². The molecule has 0 unspecified atom stereocenters. The highest BCUT2D eigenvalue weighted by molar-refractivity contribution is 7.89. The largest absolute Gasteiger partial charge is 0.492 e. The highest BCUT2D eigenvalue weighted by Crippen LogP contribution is 2.30. The molecular formula is C30H29F3N6O3S. The molecule has 2 aromatic carbocycles. The molecule has 0 bridgehead atoms. The number of fused-ring (bicyclic) bond motifs is 1. The summed E-state index contributed by atoms with van der Waals surface area (Å²) in [6.07, 6.45) is 1.12. The number of likely N-dealkylation sites (tertiary alicyclic amines) is 1. The first kappa shape index (κ1) is 28.9. The Morgan fingerprint density at radius 1 is 0.930 bits per heavy atom. The van der Waals surface area contributed by atoms with Crippen molar-refractivity contribution in [3.8, 4) is 17.0 Å². The zero-order valence-electron chi connectivity index (χ0n) is 23.1. The minimum absolute atomic E-state index is 0.0107. The van der Waals surface area contributed by atoms with Crippen molar-refractivity contribution in [2.45, 2.75) is 31.2 Å². The van der Waals surface area contributed by atoms with Crippen LogP contribution in [0, 0.1) is 0 Å². The molecule has 1 aliphatic rings. The lowest BCUT2D eigenvalue weighted by molar-refractivity contribution is -0.137. The topological polar surface area (TPSA) is 94.6 Å². The normalized spacial score (nSPS) is 14.5. The Balaban J connectivity index is 1.15. The van der Waals surface area contributed by atoms with Crippen LogP contribution in [0.5, 0.6) is 5.75 Å². The lowest BCUT2D eigenvalue weighted by Gasteiger charge is -2.14. The van der Waals surface area contributed by atoms with Gasteiger partial charge in [0.05, 0.1) is 29.4 Å². The molecule has 1 fully saturated rings. The van der Waals surface area contributed by atoms with Crippen LogP contribution in [0.15, 0.2) is 79.1 Å². The maximum Gasteiger partial charge on any atom is 0.416 e. The minimum atomic E-state index is -4.57. The Labute approximate surface area is 246 Å². The molecule has 0 aliphatic carbocycles. The van der Waals surface area contributed by atoms with Crippen LogP contribution in [0.1, 0.15) is 35.4 Å². The Bertz CT molecular complexity index is 1830. The highest BCUT2D eigenvalue weighted by atomic mass is 32.2. The fourth-order valence-electron chi connectivity index (χ4n) is 5.13. The molecule has 43 heavy (non-hydrogen) atoms. The number of halogens is 3. The van der Waals surface area contributed by atoms with Crippen LogP contribution in [0.3, 0.4) is 0 Å². The van der Waals surface area contributed by atoms with Crippen molar-refractivity contribution in [2.75, 3.05) is 26.2 Å². The molecule has 0 amide bonds. The molecule has 0 radical (unpaired) electrons. The summed E-state index contributed by atoms with van der Waals surface area (Å²) < 4.78 is 73.5. The van der Waals surface area contributed by atoms with Gasteiger partial charge in [-0.25, -0.2) is 17.9 Å². The number of alkyl halides is 3. The summed E-state index contributed by atoms with van der Waals surface area (Å²) in [6, 6.07) is 17.4. The van der Waals surface area contributed by atoms with E-state index < -0.39 is 27.5 Å². The van der Waals surface area contributed by atoms with E-state index in [1.54, 1.807) is 22.7 Å². The van der Waals surface area contributed by atoms with Crippen molar-refractivity contribution in [2.24, 2.45) is 0 Å². The second-order valence-electron chi connectivity index (χ2n) is 10.5. The lowest BCUT2D eigenvalue weighted by Crippen LogP contribution is -2.25. The van der Waals surface area contributed by atoms with Crippen LogP contribution < -0.4 is 4.74 Å². The summed E-state index contributed by atoms with van der Waals surface area (Å²) in [5, 5.41) is 8.64. The van der Waals surface area contributed by atoms with Gasteiger partial charge < -0.3 is 4.74 Å². The quantitative estimate of drug-likeness (QED) is 0.218. The van der Waals surface area contributed by atoms with Crippen LogP contribution in [0.4, 0.5) is 13.2 Å². The molecule has 224 valence electrons. The van der Waals surface area contributed by atoms with Crippen LogP contribution >= 0.6 is 0 Å². The third-order valence-electron chi connectivity index (χ3n) is 7.31. The van der Waals surface area contributed by atoms with Gasteiger partial charge in [0, 0.05) is 18.5 Å². The molecule has 4 heterocycles. The van der Waals surface area contributed by atoms with Gasteiger partial charge in [-0.3, -0.25) is 4.90 Å². The summed E-state index contributed by atoms with van der Waals surface area (Å²) in [5.41, 5.74) is 1.72. The van der Waals surface area contributed by atoms with Crippen LogP contribution in [0.25, 0.3) is 16.9 Å². The first-order valence-corrected chi connectivity index (χ1v) is 15.5. The number of benzene rings is 2. The fraction of sp³-hybridized carbons (Fsp3) is 0.300. The summed E-state index contributed by atoms with van der Waals surface area (Å²) in [6.45, 7) is 3.86. The number of nitrogens with zero attached hydrogens (tertiary/aromatic N) is 6. The van der Waals surface area contributed by atoms with Crippen molar-refractivity contribution < 1.29 is 26.3 Å². The van der Waals surface area contributed by atoms with Crippen molar-refractivity contribution in [3.63, 3.8) is 0 Å². The van der Waals surface area contributed by atoms with Crippen LogP contribution in [-0.2, 0) is 28.4 Å². The van der Waals surface area contributed by atoms with Gasteiger partial charge in [0.15, 0.2) is 11.5 Å². The summed E-state index contributed by atoms with van der Waals surface area (Å²) >= 11 is 0. The predicted molar refractivity (Wildman–Crippen MR) is 154 cm³/mol. The van der Waals surface area contributed by atoms with Crippen LogP contribution in [0.2, 0.25) is 0 Å². The minimum Gasteiger partial charge on any atom is -0.492 e. The van der Waals surface area contributed by atoms with Gasteiger partial charge in [0.25, 0.3) is 10.0 Å². The van der Waals surface area contributed by atoms with E-state index in [9.17, 15) is 21.6 Å². The van der Waals surface area contributed by atoms with E-state index in [0.29, 0.717) is 35.8 Å². The Morgan fingerprint density at radius 2 is 1.70 bits per heavy atom. The summed E-state index contributed by atoms with van der Waals surface area (Å²) in [5.74, 6) is 0.755. The predicted octanol–water partition coefficient (Wildman–Crippen LogP) is 5.06. The van der Waals surface area contributed by atoms with E-state index in [0.717, 1.165) is 47.2 Å². The monoisotopic (exact) mass is 610 g/mol. The number of hydrogen-bond donors (Lipinski definition) is 0. The molecule has 9 nitrogen and oxygen atoms in total. The summed E-state index contributed by atoms with van der Waals surface area (Å²) in [4.78, 5) is 7.03. The zero-order chi connectivity index (χ0) is 30.0. The molecule has 13 heteroatoms. The Hall–Kier alpha value is -4.23. The van der Waals surface area contributed by atoms with Gasteiger partial charge in [0.1, 0.15) is 12.4 Å². The number of aromatic nitrogens is 5. The molecule has 1 saturated heterocycles. The van der Waals surface area contributed by atoms with E-state index in [4.69, 9.17) is 4.74 Å². The van der Waals surface area contributed by atoms with Gasteiger partial charge in [-0.15, -0.1) is 0 Å². The Morgan fingerprint density at radius 3 is 2.47 bits per heavy atom. The SMILES string of the molecule is O=S(=O)(Cc1cccc(C(F)(F)F)c1)n1cc(-c2cccc3nc(Cc4ccc(OCCN5CCCC5)cc4)nn23)cn1. The van der Waals surface area contributed by atoms with Gasteiger partial charge in [0.2, 0.25) is 0 Å². The third-order valence-corrected chi connectivity index (χ3v) is 8.78. The maximum absolute atomic E-state index is 13.1. The molecule has 6 rings (SSSR count). The molecular weight excluding hydrogens is 581 g/mol. The van der Waals surface area contributed by atoms with E-state index in [-0.39, 0.29) is 5.56 Å². The van der Waals surface area contributed by atoms with Crippen molar-refractivity contribution >= 4 is 15.7 Å². The second kappa shape index (κ2) is 11.8. The van der Waals surface area contributed by atoms with E-state index in [1.165, 1.54) is 37.4 Å². The number of hydrogen-bond acceptors (Lipinski definition) is 7. The number of ether oxygens (including phenoxy) is 1. The van der Waals surface area contributed by atoms with Crippen molar-refractivity contribution in [1.29, 1.82) is 0 Å². The first-order valence-electron chi connectivity index (χ1n) is 13.9. The van der Waals surface area contributed by atoms with Gasteiger partial charge >= 0.3 is 6.18 Å². The van der Waals surface area contributed by atoms with E-state index in [2.05, 4.69) is 20.1 Å².